The fourth-order valence-electron chi connectivity index (χ4n) is 2.35. The number of nitrogens with one attached hydrogen (secondary N) is 1. The molecule has 0 saturated carbocycles. The van der Waals surface area contributed by atoms with Crippen LogP contribution in [0.1, 0.15) is 43.2 Å². The summed E-state index contributed by atoms with van der Waals surface area (Å²) in [5.41, 5.74) is 2.22. The quantitative estimate of drug-likeness (QED) is 0.330. The van der Waals surface area contributed by atoms with Gasteiger partial charge in [0.25, 0.3) is 0 Å². The monoisotopic (exact) mass is 306 g/mol. The molecule has 5 heteroatoms. The van der Waals surface area contributed by atoms with Gasteiger partial charge in [-0.1, -0.05) is 11.2 Å². The number of allylic oxidation sites excluding steroid dienone is 1. The molecule has 1 N–H and O–H groups in total. The molecular formula is C17H30N4O. The number of hydrogen-bond donors (Lipinski definition) is 1. The molecule has 1 aromatic heterocycles. The van der Waals surface area contributed by atoms with Gasteiger partial charge in [-0.25, -0.2) is 0 Å². The molecule has 0 amide bonds. The van der Waals surface area contributed by atoms with E-state index in [0.717, 1.165) is 62.7 Å². The van der Waals surface area contributed by atoms with Gasteiger partial charge in [-0.3, -0.25) is 4.99 Å². The van der Waals surface area contributed by atoms with Gasteiger partial charge in [-0.15, -0.1) is 6.58 Å². The average molecular weight is 306 g/mol. The highest BCUT2D eigenvalue weighted by atomic mass is 16.5. The maximum Gasteiger partial charge on any atom is 0.193 e. The molecule has 0 saturated heterocycles. The van der Waals surface area contributed by atoms with Gasteiger partial charge < -0.3 is 14.7 Å². The standard InChI is InChI=1S/C17H30N4O/c1-6-8-9-13-21(5)17(18-7-2)19-12-10-11-16-14(3)20-22-15(16)4/h6H,1,7-13H2,2-5H3,(H,18,19). The molecular weight excluding hydrogens is 276 g/mol. The van der Waals surface area contributed by atoms with Crippen LogP contribution in [-0.4, -0.2) is 42.7 Å². The summed E-state index contributed by atoms with van der Waals surface area (Å²) >= 11 is 0. The minimum Gasteiger partial charge on any atom is -0.361 e. The Morgan fingerprint density at radius 3 is 2.77 bits per heavy atom. The molecule has 1 heterocycles. The predicted octanol–water partition coefficient (Wildman–Crippen LogP) is 3.09. The molecule has 0 aromatic carbocycles. The lowest BCUT2D eigenvalue weighted by atomic mass is 10.1. The van der Waals surface area contributed by atoms with Crippen LogP contribution >= 0.6 is 0 Å². The molecule has 0 aliphatic rings. The number of unbranched alkanes of at least 4 members (excludes halogenated alkanes) is 1. The van der Waals surface area contributed by atoms with Crippen LogP contribution in [0.15, 0.2) is 22.2 Å². The maximum atomic E-state index is 5.19. The van der Waals surface area contributed by atoms with Crippen molar-refractivity contribution in [1.29, 1.82) is 0 Å². The predicted molar refractivity (Wildman–Crippen MR) is 92.3 cm³/mol. The van der Waals surface area contributed by atoms with E-state index < -0.39 is 0 Å². The fraction of sp³-hybridized carbons (Fsp3) is 0.647. The molecule has 22 heavy (non-hydrogen) atoms. The minimum absolute atomic E-state index is 0.804. The van der Waals surface area contributed by atoms with Crippen molar-refractivity contribution in [2.24, 2.45) is 4.99 Å². The largest absolute Gasteiger partial charge is 0.361 e. The van der Waals surface area contributed by atoms with Gasteiger partial charge in [0.05, 0.1) is 5.69 Å². The van der Waals surface area contributed by atoms with Gasteiger partial charge in [0.15, 0.2) is 5.96 Å². The van der Waals surface area contributed by atoms with E-state index >= 15 is 0 Å². The number of guanidine groups is 1. The topological polar surface area (TPSA) is 53.7 Å². The Hall–Kier alpha value is -1.78. The summed E-state index contributed by atoms with van der Waals surface area (Å²) in [7, 11) is 2.08. The fourth-order valence-corrected chi connectivity index (χ4v) is 2.35. The molecule has 0 spiro atoms. The molecule has 0 atom stereocenters. The van der Waals surface area contributed by atoms with Crippen molar-refractivity contribution in [3.63, 3.8) is 0 Å². The molecule has 5 nitrogen and oxygen atoms in total. The summed E-state index contributed by atoms with van der Waals surface area (Å²) in [6.45, 7) is 12.5. The van der Waals surface area contributed by atoms with Crippen LogP contribution in [0.2, 0.25) is 0 Å². The van der Waals surface area contributed by atoms with E-state index in [-0.39, 0.29) is 0 Å². The molecule has 0 radical (unpaired) electrons. The first-order chi connectivity index (χ1) is 10.6. The van der Waals surface area contributed by atoms with E-state index in [9.17, 15) is 0 Å². The molecule has 1 rings (SSSR count). The van der Waals surface area contributed by atoms with Crippen LogP contribution in [-0.2, 0) is 6.42 Å². The maximum absolute atomic E-state index is 5.19. The summed E-state index contributed by atoms with van der Waals surface area (Å²) in [4.78, 5) is 6.89. The summed E-state index contributed by atoms with van der Waals surface area (Å²) < 4.78 is 5.19. The normalized spacial score (nSPS) is 11.5. The van der Waals surface area contributed by atoms with Crippen LogP contribution in [0, 0.1) is 13.8 Å². The molecule has 1 aromatic rings. The Morgan fingerprint density at radius 2 is 2.18 bits per heavy atom. The smallest absolute Gasteiger partial charge is 0.193 e. The number of hydrogen-bond acceptors (Lipinski definition) is 3. The number of rotatable bonds is 9. The summed E-state index contributed by atoms with van der Waals surface area (Å²) in [6, 6.07) is 0. The van der Waals surface area contributed by atoms with Crippen LogP contribution < -0.4 is 5.32 Å². The lowest BCUT2D eigenvalue weighted by Gasteiger charge is -2.21. The third-order valence-electron chi connectivity index (χ3n) is 3.63. The van der Waals surface area contributed by atoms with E-state index in [1.807, 2.05) is 19.9 Å². The Kier molecular flexibility index (Phi) is 8.33. The van der Waals surface area contributed by atoms with Crippen LogP contribution in [0.4, 0.5) is 0 Å². The molecule has 0 unspecified atom stereocenters. The first-order valence-electron chi connectivity index (χ1n) is 8.12. The highest BCUT2D eigenvalue weighted by Gasteiger charge is 2.08. The number of nitrogens with zero attached hydrogens (tertiary/aromatic N) is 3. The third-order valence-corrected chi connectivity index (χ3v) is 3.63. The zero-order valence-electron chi connectivity index (χ0n) is 14.5. The van der Waals surface area contributed by atoms with E-state index in [1.165, 1.54) is 5.56 Å². The molecule has 0 bridgehead atoms. The van der Waals surface area contributed by atoms with Crippen LogP contribution in [0.3, 0.4) is 0 Å². The minimum atomic E-state index is 0.804. The average Bonchev–Trinajstić information content (AvgIpc) is 2.82. The van der Waals surface area contributed by atoms with Crippen molar-refractivity contribution in [2.75, 3.05) is 26.7 Å². The Bertz CT molecular complexity index is 460. The van der Waals surface area contributed by atoms with Gasteiger partial charge in [0.1, 0.15) is 5.76 Å². The SMILES string of the molecule is C=CCCCN(C)C(=NCCCc1c(C)noc1C)NCC. The van der Waals surface area contributed by atoms with Crippen LogP contribution in [0.25, 0.3) is 0 Å². The first-order valence-corrected chi connectivity index (χ1v) is 8.12. The van der Waals surface area contributed by atoms with Crippen molar-refractivity contribution in [3.05, 3.63) is 29.7 Å². The molecule has 0 aliphatic carbocycles. The van der Waals surface area contributed by atoms with E-state index in [0.29, 0.717) is 0 Å². The number of aliphatic imine (C=N–C) groups is 1. The Balaban J connectivity index is 2.46. The summed E-state index contributed by atoms with van der Waals surface area (Å²) in [5.74, 6) is 1.90. The molecule has 0 aliphatic heterocycles. The first kappa shape index (κ1) is 18.3. The highest BCUT2D eigenvalue weighted by Crippen LogP contribution is 2.14. The van der Waals surface area contributed by atoms with Crippen molar-refractivity contribution >= 4 is 5.96 Å². The van der Waals surface area contributed by atoms with Gasteiger partial charge in [-0.05, 0) is 46.5 Å². The summed E-state index contributed by atoms with van der Waals surface area (Å²) in [5, 5.41) is 7.33. The van der Waals surface area contributed by atoms with Gasteiger partial charge >= 0.3 is 0 Å². The van der Waals surface area contributed by atoms with Crippen LogP contribution in [0.5, 0.6) is 0 Å². The lowest BCUT2D eigenvalue weighted by Crippen LogP contribution is -2.39. The van der Waals surface area contributed by atoms with Gasteiger partial charge in [0, 0.05) is 32.2 Å². The zero-order chi connectivity index (χ0) is 16.4. The second-order valence-corrected chi connectivity index (χ2v) is 5.49. The molecule has 124 valence electrons. The Labute approximate surface area is 134 Å². The van der Waals surface area contributed by atoms with Crippen molar-refractivity contribution in [3.8, 4) is 0 Å². The third kappa shape index (κ3) is 5.92. The second kappa shape index (κ2) is 10.0. The van der Waals surface area contributed by atoms with Crippen molar-refractivity contribution in [1.82, 2.24) is 15.4 Å². The number of aromatic nitrogens is 1. The highest BCUT2D eigenvalue weighted by molar-refractivity contribution is 5.79. The van der Waals surface area contributed by atoms with E-state index in [4.69, 9.17) is 9.52 Å². The van der Waals surface area contributed by atoms with E-state index in [2.05, 4.69) is 35.9 Å². The zero-order valence-corrected chi connectivity index (χ0v) is 14.5. The van der Waals surface area contributed by atoms with Gasteiger partial charge in [0.2, 0.25) is 0 Å². The van der Waals surface area contributed by atoms with Crippen molar-refractivity contribution in [2.45, 2.75) is 46.5 Å². The van der Waals surface area contributed by atoms with Crippen molar-refractivity contribution < 1.29 is 4.52 Å². The van der Waals surface area contributed by atoms with E-state index in [1.54, 1.807) is 0 Å². The molecule has 0 fully saturated rings. The number of aryl methyl sites for hydroxylation is 2. The lowest BCUT2D eigenvalue weighted by molar-refractivity contribution is 0.392. The summed E-state index contributed by atoms with van der Waals surface area (Å²) in [6.07, 6.45) is 6.06. The van der Waals surface area contributed by atoms with Gasteiger partial charge in [-0.2, -0.15) is 0 Å². The Morgan fingerprint density at radius 1 is 1.41 bits per heavy atom. The second-order valence-electron chi connectivity index (χ2n) is 5.49.